The van der Waals surface area contributed by atoms with Crippen LogP contribution in [-0.2, 0) is 0 Å². The normalized spacial score (nSPS) is 12.2. The van der Waals surface area contributed by atoms with E-state index in [9.17, 15) is 4.39 Å². The Kier molecular flexibility index (Phi) is 4.99. The molecule has 106 valence electrons. The zero-order valence-electron chi connectivity index (χ0n) is 10.7. The van der Waals surface area contributed by atoms with Gasteiger partial charge in [-0.15, -0.1) is 0 Å². The Bertz CT molecular complexity index is 624. The number of methoxy groups -OCH3 is 1. The lowest BCUT2D eigenvalue weighted by Gasteiger charge is -2.19. The van der Waals surface area contributed by atoms with Crippen LogP contribution in [0.4, 0.5) is 4.39 Å². The van der Waals surface area contributed by atoms with Crippen LogP contribution in [0, 0.1) is 5.82 Å². The lowest BCUT2D eigenvalue weighted by Crippen LogP contribution is -2.29. The Morgan fingerprint density at radius 2 is 2.05 bits per heavy atom. The molecule has 0 saturated heterocycles. The van der Waals surface area contributed by atoms with Crippen molar-refractivity contribution in [3.63, 3.8) is 0 Å². The maximum absolute atomic E-state index is 13.4. The van der Waals surface area contributed by atoms with E-state index >= 15 is 0 Å². The van der Waals surface area contributed by atoms with Gasteiger partial charge in [-0.3, -0.25) is 5.84 Å². The lowest BCUT2D eigenvalue weighted by atomic mass is 9.99. The molecule has 0 radical (unpaired) electrons. The van der Waals surface area contributed by atoms with Crippen LogP contribution < -0.4 is 16.0 Å². The highest BCUT2D eigenvalue weighted by Gasteiger charge is 2.17. The van der Waals surface area contributed by atoms with Crippen molar-refractivity contribution in [1.82, 2.24) is 5.43 Å². The first kappa shape index (κ1) is 15.3. The third-order valence-electron chi connectivity index (χ3n) is 2.94. The fourth-order valence-electron chi connectivity index (χ4n) is 1.96. The number of hydrogen-bond acceptors (Lipinski definition) is 3. The third kappa shape index (κ3) is 3.12. The van der Waals surface area contributed by atoms with E-state index in [1.807, 2.05) is 6.07 Å². The summed E-state index contributed by atoms with van der Waals surface area (Å²) >= 11 is 9.40. The molecule has 2 rings (SSSR count). The second-order valence-corrected chi connectivity index (χ2v) is 5.42. The highest BCUT2D eigenvalue weighted by atomic mass is 79.9. The molecule has 20 heavy (non-hydrogen) atoms. The molecule has 0 amide bonds. The Balaban J connectivity index is 2.49. The van der Waals surface area contributed by atoms with Crippen LogP contribution in [0.2, 0.25) is 5.02 Å². The van der Waals surface area contributed by atoms with Crippen LogP contribution in [0.1, 0.15) is 17.2 Å². The van der Waals surface area contributed by atoms with Crippen molar-refractivity contribution in [1.29, 1.82) is 0 Å². The van der Waals surface area contributed by atoms with Crippen molar-refractivity contribution in [3.05, 3.63) is 62.8 Å². The van der Waals surface area contributed by atoms with Gasteiger partial charge in [-0.25, -0.2) is 9.82 Å². The van der Waals surface area contributed by atoms with Gasteiger partial charge in [0.15, 0.2) is 0 Å². The summed E-state index contributed by atoms with van der Waals surface area (Å²) in [5, 5.41) is 0.505. The fraction of sp³-hybridized carbons (Fsp3) is 0.143. The van der Waals surface area contributed by atoms with Crippen LogP contribution in [0.15, 0.2) is 40.9 Å². The monoisotopic (exact) mass is 358 g/mol. The Morgan fingerprint density at radius 3 is 2.70 bits per heavy atom. The van der Waals surface area contributed by atoms with E-state index in [2.05, 4.69) is 21.4 Å². The van der Waals surface area contributed by atoms with E-state index in [1.54, 1.807) is 18.2 Å². The molecule has 0 aliphatic carbocycles. The largest absolute Gasteiger partial charge is 0.495 e. The molecule has 0 aliphatic rings. The van der Waals surface area contributed by atoms with Crippen LogP contribution in [0.25, 0.3) is 0 Å². The number of rotatable bonds is 4. The Labute approximate surface area is 130 Å². The molecule has 0 aliphatic heterocycles. The van der Waals surface area contributed by atoms with Gasteiger partial charge in [-0.05, 0) is 41.5 Å². The molecule has 0 bridgehead atoms. The van der Waals surface area contributed by atoms with Gasteiger partial charge in [0.05, 0.1) is 18.2 Å². The van der Waals surface area contributed by atoms with Crippen molar-refractivity contribution in [2.24, 2.45) is 5.84 Å². The molecule has 1 unspecified atom stereocenters. The maximum atomic E-state index is 13.4. The standard InChI is InChI=1S/C14H13BrClFN2O/c1-20-13-6-8(2-5-12(13)16)14(19-18)10-7-9(17)3-4-11(10)15/h2-7,14,19H,18H2,1H3. The first-order valence-corrected chi connectivity index (χ1v) is 6.98. The first-order valence-electron chi connectivity index (χ1n) is 5.81. The van der Waals surface area contributed by atoms with Crippen LogP contribution in [0.3, 0.4) is 0 Å². The van der Waals surface area contributed by atoms with E-state index in [4.69, 9.17) is 22.2 Å². The van der Waals surface area contributed by atoms with Gasteiger partial charge in [0.1, 0.15) is 11.6 Å². The van der Waals surface area contributed by atoms with Crippen molar-refractivity contribution in [2.45, 2.75) is 6.04 Å². The number of benzene rings is 2. The van der Waals surface area contributed by atoms with E-state index in [-0.39, 0.29) is 11.9 Å². The van der Waals surface area contributed by atoms with Gasteiger partial charge in [-0.2, -0.15) is 0 Å². The van der Waals surface area contributed by atoms with Gasteiger partial charge in [0.2, 0.25) is 0 Å². The molecule has 0 aromatic heterocycles. The summed E-state index contributed by atoms with van der Waals surface area (Å²) in [6.07, 6.45) is 0. The molecule has 1 atom stereocenters. The highest BCUT2D eigenvalue weighted by molar-refractivity contribution is 9.10. The van der Waals surface area contributed by atoms with E-state index in [0.29, 0.717) is 16.3 Å². The molecule has 0 saturated carbocycles. The summed E-state index contributed by atoms with van der Waals surface area (Å²) in [6.45, 7) is 0. The highest BCUT2D eigenvalue weighted by Crippen LogP contribution is 2.33. The van der Waals surface area contributed by atoms with Gasteiger partial charge >= 0.3 is 0 Å². The number of nitrogens with one attached hydrogen (secondary N) is 1. The SMILES string of the molecule is COc1cc(C(NN)c2cc(F)ccc2Br)ccc1Cl. The minimum Gasteiger partial charge on any atom is -0.495 e. The minimum absolute atomic E-state index is 0.329. The van der Waals surface area contributed by atoms with Gasteiger partial charge in [0.25, 0.3) is 0 Å². The molecule has 3 nitrogen and oxygen atoms in total. The smallest absolute Gasteiger partial charge is 0.137 e. The Morgan fingerprint density at radius 1 is 1.30 bits per heavy atom. The summed E-state index contributed by atoms with van der Waals surface area (Å²) in [4.78, 5) is 0. The number of hydrazine groups is 1. The molecule has 2 aromatic carbocycles. The molecule has 0 spiro atoms. The van der Waals surface area contributed by atoms with E-state index < -0.39 is 0 Å². The van der Waals surface area contributed by atoms with Crippen molar-refractivity contribution in [3.8, 4) is 5.75 Å². The lowest BCUT2D eigenvalue weighted by molar-refractivity contribution is 0.414. The van der Waals surface area contributed by atoms with Crippen molar-refractivity contribution in [2.75, 3.05) is 7.11 Å². The minimum atomic E-state index is -0.383. The fourth-order valence-corrected chi connectivity index (χ4v) is 2.63. The van der Waals surface area contributed by atoms with E-state index in [1.165, 1.54) is 19.2 Å². The van der Waals surface area contributed by atoms with Crippen LogP contribution >= 0.6 is 27.5 Å². The number of halogens is 3. The molecule has 3 N–H and O–H groups in total. The predicted octanol–water partition coefficient (Wildman–Crippen LogP) is 3.80. The molecule has 0 heterocycles. The van der Waals surface area contributed by atoms with Crippen molar-refractivity contribution < 1.29 is 9.13 Å². The van der Waals surface area contributed by atoms with Gasteiger partial charge in [-0.1, -0.05) is 33.6 Å². The predicted molar refractivity (Wildman–Crippen MR) is 81.3 cm³/mol. The maximum Gasteiger partial charge on any atom is 0.137 e. The van der Waals surface area contributed by atoms with Crippen LogP contribution in [-0.4, -0.2) is 7.11 Å². The molecule has 6 heteroatoms. The quantitative estimate of drug-likeness (QED) is 0.645. The van der Waals surface area contributed by atoms with Crippen molar-refractivity contribution >= 4 is 27.5 Å². The summed E-state index contributed by atoms with van der Waals surface area (Å²) in [5.41, 5.74) is 4.19. The molecule has 2 aromatic rings. The molecular formula is C14H13BrClFN2O. The topological polar surface area (TPSA) is 47.3 Å². The first-order chi connectivity index (χ1) is 9.56. The number of nitrogens with two attached hydrogens (primary N) is 1. The summed E-state index contributed by atoms with van der Waals surface area (Å²) < 4.78 is 19.4. The zero-order valence-corrected chi connectivity index (χ0v) is 13.0. The second-order valence-electron chi connectivity index (χ2n) is 4.16. The average molecular weight is 360 g/mol. The van der Waals surface area contributed by atoms with E-state index in [0.717, 1.165) is 10.0 Å². The third-order valence-corrected chi connectivity index (χ3v) is 3.98. The Hall–Kier alpha value is -1.14. The average Bonchev–Trinajstić information content (AvgIpc) is 2.45. The second kappa shape index (κ2) is 6.54. The molecular weight excluding hydrogens is 347 g/mol. The summed E-state index contributed by atoms with van der Waals surface area (Å²) in [7, 11) is 1.54. The van der Waals surface area contributed by atoms with Gasteiger partial charge < -0.3 is 4.74 Å². The van der Waals surface area contributed by atoms with Gasteiger partial charge in [0, 0.05) is 4.47 Å². The number of ether oxygens (including phenoxy) is 1. The summed E-state index contributed by atoms with van der Waals surface area (Å²) in [6, 6.07) is 9.36. The molecule has 0 fully saturated rings. The zero-order chi connectivity index (χ0) is 14.7. The number of hydrogen-bond donors (Lipinski definition) is 2. The van der Waals surface area contributed by atoms with Crippen LogP contribution in [0.5, 0.6) is 5.75 Å². The summed E-state index contributed by atoms with van der Waals surface area (Å²) in [5.74, 6) is 5.83.